The molecule has 0 saturated carbocycles. The van der Waals surface area contributed by atoms with Crippen LogP contribution >= 0.6 is 15.9 Å². The standard InChI is InChI=1S/C28H27BrN2O6/c1-18(27(37-30)24-8-6-5-7-23(24)25(17-33-2)28(32)34-3)26(31-35-4)19-9-13-21(14-10-19)36-22-15-11-20(29)12-16-22/h5-17H,30H2,1-4H3. The molecule has 9 heteroatoms. The summed E-state index contributed by atoms with van der Waals surface area (Å²) in [5.41, 5.74) is 3.02. The van der Waals surface area contributed by atoms with Crippen molar-refractivity contribution in [2.75, 3.05) is 21.3 Å². The van der Waals surface area contributed by atoms with Crippen LogP contribution in [0.15, 0.2) is 94.3 Å². The monoisotopic (exact) mass is 566 g/mol. The molecule has 0 aliphatic rings. The van der Waals surface area contributed by atoms with Gasteiger partial charge < -0.3 is 23.9 Å². The van der Waals surface area contributed by atoms with Gasteiger partial charge in [-0.1, -0.05) is 45.4 Å². The van der Waals surface area contributed by atoms with Crippen LogP contribution in [0, 0.1) is 0 Å². The van der Waals surface area contributed by atoms with Crippen LogP contribution in [0.3, 0.4) is 0 Å². The summed E-state index contributed by atoms with van der Waals surface area (Å²) >= 11 is 3.41. The number of nitrogens with two attached hydrogens (primary N) is 1. The lowest BCUT2D eigenvalue weighted by atomic mass is 9.94. The van der Waals surface area contributed by atoms with Gasteiger partial charge in [0.1, 0.15) is 29.9 Å². The molecule has 0 bridgehead atoms. The van der Waals surface area contributed by atoms with Gasteiger partial charge in [-0.05, 0) is 55.5 Å². The number of carbonyl (C=O) groups is 1. The first-order valence-corrected chi connectivity index (χ1v) is 11.9. The molecule has 0 fully saturated rings. The summed E-state index contributed by atoms with van der Waals surface area (Å²) in [5, 5.41) is 4.22. The summed E-state index contributed by atoms with van der Waals surface area (Å²) in [6, 6.07) is 22.0. The molecule has 0 aromatic heterocycles. The number of hydrogen-bond acceptors (Lipinski definition) is 8. The van der Waals surface area contributed by atoms with Gasteiger partial charge >= 0.3 is 5.97 Å². The molecule has 2 N–H and O–H groups in total. The normalized spacial score (nSPS) is 12.4. The number of rotatable bonds is 10. The van der Waals surface area contributed by atoms with E-state index in [0.29, 0.717) is 33.9 Å². The summed E-state index contributed by atoms with van der Waals surface area (Å²) in [6.45, 7) is 1.79. The molecule has 3 aromatic carbocycles. The fourth-order valence-corrected chi connectivity index (χ4v) is 3.84. The second-order valence-electron chi connectivity index (χ2n) is 7.58. The van der Waals surface area contributed by atoms with E-state index in [0.717, 1.165) is 10.0 Å². The molecule has 0 spiro atoms. The molecule has 3 aromatic rings. The third-order valence-corrected chi connectivity index (χ3v) is 5.80. The molecule has 37 heavy (non-hydrogen) atoms. The highest BCUT2D eigenvalue weighted by Crippen LogP contribution is 2.31. The highest BCUT2D eigenvalue weighted by Gasteiger charge is 2.23. The second-order valence-corrected chi connectivity index (χ2v) is 8.49. The number of halogens is 1. The molecule has 192 valence electrons. The summed E-state index contributed by atoms with van der Waals surface area (Å²) in [6.07, 6.45) is 1.31. The first-order valence-electron chi connectivity index (χ1n) is 11.1. The number of esters is 1. The molecule has 0 aliphatic carbocycles. The Morgan fingerprint density at radius 3 is 2.03 bits per heavy atom. The first-order chi connectivity index (χ1) is 17.9. The fraction of sp³-hybridized carbons (Fsp3) is 0.143. The van der Waals surface area contributed by atoms with Crippen LogP contribution in [-0.2, 0) is 23.9 Å². The van der Waals surface area contributed by atoms with Crippen LogP contribution in [-0.4, -0.2) is 33.0 Å². The average Bonchev–Trinajstić information content (AvgIpc) is 2.92. The van der Waals surface area contributed by atoms with Gasteiger partial charge in [0.2, 0.25) is 0 Å². The molecule has 8 nitrogen and oxygen atoms in total. The third-order valence-electron chi connectivity index (χ3n) is 5.28. The molecule has 3 rings (SSSR count). The number of ether oxygens (including phenoxy) is 3. The number of methoxy groups -OCH3 is 2. The maximum Gasteiger partial charge on any atom is 0.341 e. The van der Waals surface area contributed by atoms with Crippen molar-refractivity contribution >= 4 is 38.9 Å². The molecule has 0 saturated heterocycles. The summed E-state index contributed by atoms with van der Waals surface area (Å²) in [4.78, 5) is 22.9. The molecule has 0 atom stereocenters. The van der Waals surface area contributed by atoms with Gasteiger partial charge in [0.05, 0.1) is 20.5 Å². The van der Waals surface area contributed by atoms with Crippen LogP contribution in [0.25, 0.3) is 11.3 Å². The lowest BCUT2D eigenvalue weighted by molar-refractivity contribution is -0.133. The Morgan fingerprint density at radius 2 is 1.49 bits per heavy atom. The quantitative estimate of drug-likeness (QED) is 0.104. The van der Waals surface area contributed by atoms with Crippen LogP contribution < -0.4 is 10.6 Å². The van der Waals surface area contributed by atoms with E-state index in [1.54, 1.807) is 31.2 Å². The minimum atomic E-state index is -0.574. The molecular formula is C28H27BrN2O6. The number of benzene rings is 3. The van der Waals surface area contributed by atoms with Gasteiger partial charge in [-0.15, -0.1) is 0 Å². The SMILES string of the molecule is COC=C(C(=O)OC)c1ccccc1C(ON)=C(C)C(=NOC)c1ccc(Oc2ccc(Br)cc2)cc1. The van der Waals surface area contributed by atoms with Crippen LogP contribution in [0.2, 0.25) is 0 Å². The van der Waals surface area contributed by atoms with E-state index >= 15 is 0 Å². The molecule has 0 unspecified atom stereocenters. The smallest absolute Gasteiger partial charge is 0.341 e. The van der Waals surface area contributed by atoms with Gasteiger partial charge in [0.25, 0.3) is 0 Å². The van der Waals surface area contributed by atoms with Crippen molar-refractivity contribution in [2.24, 2.45) is 11.1 Å². The van der Waals surface area contributed by atoms with Crippen molar-refractivity contribution in [3.63, 3.8) is 0 Å². The van der Waals surface area contributed by atoms with Crippen molar-refractivity contribution in [2.45, 2.75) is 6.92 Å². The van der Waals surface area contributed by atoms with Gasteiger partial charge in [0.15, 0.2) is 5.76 Å². The Hall–Kier alpha value is -4.08. The Balaban J connectivity index is 2.04. The predicted molar refractivity (Wildman–Crippen MR) is 146 cm³/mol. The number of carbonyl (C=O) groups excluding carboxylic acids is 1. The number of allylic oxidation sites excluding steroid dienone is 1. The Bertz CT molecular complexity index is 1320. The summed E-state index contributed by atoms with van der Waals surface area (Å²) in [5.74, 6) is 6.81. The fourth-order valence-electron chi connectivity index (χ4n) is 3.58. The van der Waals surface area contributed by atoms with Crippen molar-refractivity contribution in [3.05, 3.63) is 106 Å². The van der Waals surface area contributed by atoms with Crippen molar-refractivity contribution in [1.82, 2.24) is 0 Å². The average molecular weight is 567 g/mol. The second kappa shape index (κ2) is 13.3. The molecular weight excluding hydrogens is 540 g/mol. The lowest BCUT2D eigenvalue weighted by Crippen LogP contribution is -2.13. The molecule has 0 amide bonds. The number of hydrogen-bond donors (Lipinski definition) is 1. The van der Waals surface area contributed by atoms with E-state index in [-0.39, 0.29) is 11.3 Å². The summed E-state index contributed by atoms with van der Waals surface area (Å²) < 4.78 is 16.9. The molecule has 0 radical (unpaired) electrons. The van der Waals surface area contributed by atoms with E-state index in [1.165, 1.54) is 27.6 Å². The number of nitrogens with zero attached hydrogens (tertiary/aromatic N) is 1. The van der Waals surface area contributed by atoms with Gasteiger partial charge in [-0.3, -0.25) is 0 Å². The largest absolute Gasteiger partial charge is 0.503 e. The number of oxime groups is 1. The van der Waals surface area contributed by atoms with Crippen molar-refractivity contribution in [1.29, 1.82) is 0 Å². The van der Waals surface area contributed by atoms with E-state index in [4.69, 9.17) is 29.8 Å². The van der Waals surface area contributed by atoms with E-state index < -0.39 is 5.97 Å². The maximum atomic E-state index is 12.5. The van der Waals surface area contributed by atoms with Gasteiger partial charge in [-0.25, -0.2) is 4.79 Å². The van der Waals surface area contributed by atoms with Crippen LogP contribution in [0.4, 0.5) is 0 Å². The Kier molecular flexibility index (Phi) is 9.88. The van der Waals surface area contributed by atoms with Crippen LogP contribution in [0.1, 0.15) is 23.6 Å². The highest BCUT2D eigenvalue weighted by atomic mass is 79.9. The Labute approximate surface area is 224 Å². The zero-order valence-corrected chi connectivity index (χ0v) is 22.4. The topological polar surface area (TPSA) is 102 Å². The van der Waals surface area contributed by atoms with Gasteiger partial charge in [-0.2, -0.15) is 5.90 Å². The first kappa shape index (κ1) is 27.5. The van der Waals surface area contributed by atoms with Crippen LogP contribution in [0.5, 0.6) is 11.5 Å². The van der Waals surface area contributed by atoms with E-state index in [2.05, 4.69) is 21.1 Å². The highest BCUT2D eigenvalue weighted by molar-refractivity contribution is 9.10. The minimum absolute atomic E-state index is 0.197. The molecule has 0 heterocycles. The van der Waals surface area contributed by atoms with Crippen molar-refractivity contribution < 1.29 is 28.7 Å². The zero-order chi connectivity index (χ0) is 26.8. The van der Waals surface area contributed by atoms with E-state index in [9.17, 15) is 4.79 Å². The Morgan fingerprint density at radius 1 is 0.892 bits per heavy atom. The lowest BCUT2D eigenvalue weighted by Gasteiger charge is -2.17. The van der Waals surface area contributed by atoms with Gasteiger partial charge in [0, 0.05) is 26.7 Å². The minimum Gasteiger partial charge on any atom is -0.503 e. The third kappa shape index (κ3) is 6.78. The van der Waals surface area contributed by atoms with E-state index in [1.807, 2.05) is 48.5 Å². The van der Waals surface area contributed by atoms with Crippen molar-refractivity contribution in [3.8, 4) is 11.5 Å². The zero-order valence-electron chi connectivity index (χ0n) is 20.9. The predicted octanol–water partition coefficient (Wildman–Crippen LogP) is 6.07. The molecule has 0 aliphatic heterocycles. The maximum absolute atomic E-state index is 12.5. The summed E-state index contributed by atoms with van der Waals surface area (Å²) in [7, 11) is 4.19.